The molecule has 20 heavy (non-hydrogen) atoms. The van der Waals surface area contributed by atoms with E-state index in [2.05, 4.69) is 14.9 Å². The maximum absolute atomic E-state index is 6.13. The van der Waals surface area contributed by atoms with Gasteiger partial charge in [0.15, 0.2) is 0 Å². The molecule has 0 N–H and O–H groups in total. The first-order valence-corrected chi connectivity index (χ1v) is 7.45. The van der Waals surface area contributed by atoms with Crippen LogP contribution in [0.1, 0.15) is 31.4 Å². The Hall–Kier alpha value is -1.20. The average Bonchev–Trinajstić information content (AvgIpc) is 2.48. The van der Waals surface area contributed by atoms with Gasteiger partial charge in [0.2, 0.25) is 5.95 Å². The molecule has 1 aromatic heterocycles. The first-order chi connectivity index (χ1) is 9.73. The van der Waals surface area contributed by atoms with Crippen LogP contribution in [-0.4, -0.2) is 48.5 Å². The minimum Gasteiger partial charge on any atom is -0.378 e. The van der Waals surface area contributed by atoms with Gasteiger partial charge in [0.05, 0.1) is 11.7 Å². The van der Waals surface area contributed by atoms with Crippen LogP contribution in [0.2, 0.25) is 0 Å². The lowest BCUT2D eigenvalue weighted by atomic mass is 9.82. The Morgan fingerprint density at radius 2 is 2.20 bits per heavy atom. The third-order valence-electron chi connectivity index (χ3n) is 4.55. The van der Waals surface area contributed by atoms with Crippen molar-refractivity contribution in [1.29, 1.82) is 0 Å². The monoisotopic (exact) mass is 277 g/mol. The Balaban J connectivity index is 1.69. The fraction of sp³-hybridized carbons (Fsp3) is 0.733. The summed E-state index contributed by atoms with van der Waals surface area (Å²) < 4.78 is 11.8. The van der Waals surface area contributed by atoms with Crippen LogP contribution in [0.5, 0.6) is 0 Å². The van der Waals surface area contributed by atoms with E-state index in [0.29, 0.717) is 0 Å². The quantitative estimate of drug-likeness (QED) is 0.827. The smallest absolute Gasteiger partial charge is 0.225 e. The minimum atomic E-state index is -0.0900. The van der Waals surface area contributed by atoms with Crippen LogP contribution in [0.4, 0.5) is 5.95 Å². The molecule has 0 aromatic carbocycles. The Bertz CT molecular complexity index is 458. The van der Waals surface area contributed by atoms with Crippen molar-refractivity contribution in [2.24, 2.45) is 0 Å². The van der Waals surface area contributed by atoms with Gasteiger partial charge in [-0.3, -0.25) is 0 Å². The molecule has 3 rings (SSSR count). The zero-order chi connectivity index (χ0) is 14.0. The molecule has 0 saturated carbocycles. The number of nitrogens with zero attached hydrogens (tertiary/aromatic N) is 3. The average molecular weight is 277 g/mol. The van der Waals surface area contributed by atoms with Crippen LogP contribution in [0.15, 0.2) is 12.3 Å². The number of hydrogen-bond acceptors (Lipinski definition) is 5. The molecule has 0 bridgehead atoms. The van der Waals surface area contributed by atoms with Crippen molar-refractivity contribution in [3.63, 3.8) is 0 Å². The maximum atomic E-state index is 6.13. The maximum Gasteiger partial charge on any atom is 0.225 e. The second-order valence-corrected chi connectivity index (χ2v) is 5.76. The molecule has 1 aromatic rings. The number of piperidine rings is 1. The van der Waals surface area contributed by atoms with E-state index in [4.69, 9.17) is 9.47 Å². The van der Waals surface area contributed by atoms with Gasteiger partial charge in [-0.1, -0.05) is 0 Å². The van der Waals surface area contributed by atoms with E-state index in [-0.39, 0.29) is 11.7 Å². The van der Waals surface area contributed by atoms with Gasteiger partial charge in [0, 0.05) is 38.7 Å². The van der Waals surface area contributed by atoms with Crippen LogP contribution in [-0.2, 0) is 9.47 Å². The van der Waals surface area contributed by atoms with Crippen molar-refractivity contribution in [2.75, 3.05) is 31.7 Å². The van der Waals surface area contributed by atoms with Gasteiger partial charge in [-0.05, 0) is 38.7 Å². The summed E-state index contributed by atoms with van der Waals surface area (Å²) >= 11 is 0. The second kappa shape index (κ2) is 5.66. The molecule has 2 aliphatic rings. The molecule has 2 fully saturated rings. The highest BCUT2D eigenvalue weighted by Gasteiger charge is 2.45. The van der Waals surface area contributed by atoms with E-state index in [0.717, 1.165) is 57.0 Å². The highest BCUT2D eigenvalue weighted by molar-refractivity contribution is 5.31. The van der Waals surface area contributed by atoms with Crippen molar-refractivity contribution in [3.05, 3.63) is 18.0 Å². The van der Waals surface area contributed by atoms with Gasteiger partial charge < -0.3 is 14.4 Å². The number of aromatic nitrogens is 2. The predicted octanol–water partition coefficient (Wildman–Crippen LogP) is 1.95. The summed E-state index contributed by atoms with van der Waals surface area (Å²) in [4.78, 5) is 11.1. The van der Waals surface area contributed by atoms with E-state index in [1.54, 1.807) is 7.11 Å². The molecule has 2 aliphatic heterocycles. The van der Waals surface area contributed by atoms with Gasteiger partial charge in [-0.2, -0.15) is 0 Å². The summed E-state index contributed by atoms with van der Waals surface area (Å²) in [5.74, 6) is 0.838. The lowest BCUT2D eigenvalue weighted by molar-refractivity contribution is -0.175. The second-order valence-electron chi connectivity index (χ2n) is 5.76. The highest BCUT2D eigenvalue weighted by atomic mass is 16.5. The number of rotatable bonds is 2. The normalized spacial score (nSPS) is 25.9. The van der Waals surface area contributed by atoms with Gasteiger partial charge in [-0.25, -0.2) is 9.97 Å². The highest BCUT2D eigenvalue weighted by Crippen LogP contribution is 2.37. The molecule has 2 saturated heterocycles. The van der Waals surface area contributed by atoms with Crippen molar-refractivity contribution in [1.82, 2.24) is 9.97 Å². The fourth-order valence-electron chi connectivity index (χ4n) is 3.37. The van der Waals surface area contributed by atoms with Crippen molar-refractivity contribution >= 4 is 5.95 Å². The predicted molar refractivity (Wildman–Crippen MR) is 76.9 cm³/mol. The van der Waals surface area contributed by atoms with Crippen LogP contribution >= 0.6 is 0 Å². The number of hydrogen-bond donors (Lipinski definition) is 0. The largest absolute Gasteiger partial charge is 0.378 e. The van der Waals surface area contributed by atoms with Gasteiger partial charge in [0.25, 0.3) is 0 Å². The molecule has 3 heterocycles. The SMILES string of the molecule is CO[C@@H]1CCCOC12CCN(c1nccc(C)n1)CC2. The molecule has 5 heteroatoms. The summed E-state index contributed by atoms with van der Waals surface area (Å²) in [5.41, 5.74) is 0.923. The molecule has 0 aliphatic carbocycles. The number of aryl methyl sites for hydroxylation is 1. The van der Waals surface area contributed by atoms with E-state index in [1.165, 1.54) is 0 Å². The molecule has 0 amide bonds. The zero-order valence-corrected chi connectivity index (χ0v) is 12.3. The summed E-state index contributed by atoms with van der Waals surface area (Å²) in [7, 11) is 1.80. The van der Waals surface area contributed by atoms with Gasteiger partial charge >= 0.3 is 0 Å². The van der Waals surface area contributed by atoms with E-state index < -0.39 is 0 Å². The first kappa shape index (κ1) is 13.8. The number of ether oxygens (including phenoxy) is 2. The van der Waals surface area contributed by atoms with E-state index in [1.807, 2.05) is 19.2 Å². The van der Waals surface area contributed by atoms with E-state index >= 15 is 0 Å². The lowest BCUT2D eigenvalue weighted by Crippen LogP contribution is -2.56. The van der Waals surface area contributed by atoms with Crippen molar-refractivity contribution in [3.8, 4) is 0 Å². The third kappa shape index (κ3) is 2.52. The summed E-state index contributed by atoms with van der Waals surface area (Å²) in [6, 6.07) is 1.93. The number of methoxy groups -OCH3 is 1. The van der Waals surface area contributed by atoms with Crippen LogP contribution < -0.4 is 4.90 Å². The molecule has 0 unspecified atom stereocenters. The molecule has 110 valence electrons. The van der Waals surface area contributed by atoms with Crippen LogP contribution in [0.25, 0.3) is 0 Å². The zero-order valence-electron chi connectivity index (χ0n) is 12.3. The van der Waals surface area contributed by atoms with Gasteiger partial charge in [0.1, 0.15) is 0 Å². The standard InChI is InChI=1S/C15H23N3O2/c1-12-5-8-16-14(17-12)18-9-6-15(7-10-18)13(19-2)4-3-11-20-15/h5,8,13H,3-4,6-7,9-11H2,1-2H3/t13-/m1/s1. The summed E-state index contributed by atoms with van der Waals surface area (Å²) in [6.07, 6.45) is 6.25. The van der Waals surface area contributed by atoms with Crippen molar-refractivity contribution in [2.45, 2.75) is 44.3 Å². The molecular weight excluding hydrogens is 254 g/mol. The minimum absolute atomic E-state index is 0.0900. The first-order valence-electron chi connectivity index (χ1n) is 7.45. The topological polar surface area (TPSA) is 47.5 Å². The van der Waals surface area contributed by atoms with E-state index in [9.17, 15) is 0 Å². The lowest BCUT2D eigenvalue weighted by Gasteiger charge is -2.48. The Morgan fingerprint density at radius 1 is 1.40 bits per heavy atom. The molecule has 0 radical (unpaired) electrons. The van der Waals surface area contributed by atoms with Crippen LogP contribution in [0.3, 0.4) is 0 Å². The Morgan fingerprint density at radius 3 is 2.90 bits per heavy atom. The molecule has 1 spiro atoms. The third-order valence-corrected chi connectivity index (χ3v) is 4.55. The fourth-order valence-corrected chi connectivity index (χ4v) is 3.37. The summed E-state index contributed by atoms with van der Waals surface area (Å²) in [6.45, 7) is 4.73. The molecule has 1 atom stereocenters. The summed E-state index contributed by atoms with van der Waals surface area (Å²) in [5, 5.41) is 0. The number of anilines is 1. The Kier molecular flexibility index (Phi) is 3.89. The van der Waals surface area contributed by atoms with Gasteiger partial charge in [-0.15, -0.1) is 0 Å². The molecule has 5 nitrogen and oxygen atoms in total. The molecular formula is C15H23N3O2. The van der Waals surface area contributed by atoms with Crippen molar-refractivity contribution < 1.29 is 9.47 Å². The Labute approximate surface area is 120 Å². The van der Waals surface area contributed by atoms with Crippen LogP contribution in [0, 0.1) is 6.92 Å².